The summed E-state index contributed by atoms with van der Waals surface area (Å²) in [5.41, 5.74) is 4.86. The van der Waals surface area contributed by atoms with Gasteiger partial charge < -0.3 is 4.57 Å². The van der Waals surface area contributed by atoms with Crippen LogP contribution in [-0.4, -0.2) is 15.7 Å². The summed E-state index contributed by atoms with van der Waals surface area (Å²) in [5, 5.41) is -0.276. The first-order chi connectivity index (χ1) is 13.0. The van der Waals surface area contributed by atoms with Crippen molar-refractivity contribution in [2.75, 3.05) is 4.90 Å². The Morgan fingerprint density at radius 3 is 2.44 bits per heavy atom. The summed E-state index contributed by atoms with van der Waals surface area (Å²) >= 11 is 0.971. The van der Waals surface area contributed by atoms with E-state index in [4.69, 9.17) is 0 Å². The number of carbonyl (C=O) groups is 2. The van der Waals surface area contributed by atoms with Crippen molar-refractivity contribution in [3.63, 3.8) is 0 Å². The van der Waals surface area contributed by atoms with Crippen LogP contribution in [0.25, 0.3) is 11.8 Å². The normalized spacial score (nSPS) is 15.8. The second-order valence-corrected chi connectivity index (χ2v) is 7.44. The van der Waals surface area contributed by atoms with E-state index in [9.17, 15) is 9.59 Å². The van der Waals surface area contributed by atoms with Crippen LogP contribution < -0.4 is 4.90 Å². The van der Waals surface area contributed by atoms with Crippen LogP contribution in [0.15, 0.2) is 71.8 Å². The number of imide groups is 1. The molecule has 0 saturated carbocycles. The van der Waals surface area contributed by atoms with Gasteiger partial charge in [-0.05, 0) is 67.6 Å². The van der Waals surface area contributed by atoms with Gasteiger partial charge in [0.1, 0.15) is 0 Å². The topological polar surface area (TPSA) is 42.3 Å². The van der Waals surface area contributed by atoms with Gasteiger partial charge in [-0.15, -0.1) is 0 Å². The summed E-state index contributed by atoms with van der Waals surface area (Å²) in [6.45, 7) is 4.13. The molecule has 2 heterocycles. The minimum absolute atomic E-state index is 0.276. The first-order valence-corrected chi connectivity index (χ1v) is 9.44. The lowest BCUT2D eigenvalue weighted by Crippen LogP contribution is -2.27. The van der Waals surface area contributed by atoms with Crippen LogP contribution in [0, 0.1) is 13.8 Å². The van der Waals surface area contributed by atoms with Crippen LogP contribution in [0.2, 0.25) is 0 Å². The lowest BCUT2D eigenvalue weighted by molar-refractivity contribution is -0.113. The zero-order chi connectivity index (χ0) is 19.0. The fraction of sp³-hybridized carbons (Fsp3) is 0.0909. The lowest BCUT2D eigenvalue weighted by atomic mass is 10.1. The molecule has 4 rings (SSSR count). The van der Waals surface area contributed by atoms with E-state index < -0.39 is 0 Å². The largest absolute Gasteiger partial charge is 0.317 e. The number of benzene rings is 2. The molecule has 0 N–H and O–H groups in total. The van der Waals surface area contributed by atoms with Gasteiger partial charge in [0.2, 0.25) is 0 Å². The Hall–Kier alpha value is -3.05. The van der Waals surface area contributed by atoms with Crippen molar-refractivity contribution < 1.29 is 9.59 Å². The van der Waals surface area contributed by atoms with E-state index in [-0.39, 0.29) is 11.1 Å². The van der Waals surface area contributed by atoms with Crippen LogP contribution in [0.1, 0.15) is 16.8 Å². The zero-order valence-electron chi connectivity index (χ0n) is 15.0. The van der Waals surface area contributed by atoms with Crippen LogP contribution in [0.3, 0.4) is 0 Å². The molecule has 3 aromatic rings. The van der Waals surface area contributed by atoms with Gasteiger partial charge in [0.05, 0.1) is 10.6 Å². The first-order valence-electron chi connectivity index (χ1n) is 8.62. The standard InChI is InChI=1S/C22H18N2O2S/c1-15-10-11-19(16(2)13-15)23-12-6-9-18(23)14-20-21(25)24(22(26)27-20)17-7-4-3-5-8-17/h3-14H,1-2H3/b20-14+. The number of carbonyl (C=O) groups excluding carboxylic acids is 2. The quantitative estimate of drug-likeness (QED) is 0.582. The molecular formula is C22H18N2O2S. The van der Waals surface area contributed by atoms with E-state index in [1.54, 1.807) is 18.2 Å². The van der Waals surface area contributed by atoms with Crippen LogP contribution in [-0.2, 0) is 4.79 Å². The summed E-state index contributed by atoms with van der Waals surface area (Å²) in [6.07, 6.45) is 3.75. The second-order valence-electron chi connectivity index (χ2n) is 6.45. The number of thioether (sulfide) groups is 1. The Bertz CT molecular complexity index is 1070. The highest BCUT2D eigenvalue weighted by Crippen LogP contribution is 2.36. The number of hydrogen-bond donors (Lipinski definition) is 0. The van der Waals surface area contributed by atoms with E-state index in [0.29, 0.717) is 10.6 Å². The molecule has 1 aromatic heterocycles. The summed E-state index contributed by atoms with van der Waals surface area (Å²) in [6, 6.07) is 19.1. The first kappa shape index (κ1) is 17.4. The number of nitrogens with zero attached hydrogens (tertiary/aromatic N) is 2. The van der Waals surface area contributed by atoms with E-state index in [1.807, 2.05) is 41.1 Å². The van der Waals surface area contributed by atoms with Gasteiger partial charge in [-0.1, -0.05) is 35.9 Å². The van der Waals surface area contributed by atoms with E-state index >= 15 is 0 Å². The highest BCUT2D eigenvalue weighted by Gasteiger charge is 2.36. The fourth-order valence-corrected chi connectivity index (χ4v) is 4.03. The molecule has 134 valence electrons. The monoisotopic (exact) mass is 374 g/mol. The minimum atomic E-state index is -0.287. The van der Waals surface area contributed by atoms with Crippen LogP contribution in [0.5, 0.6) is 0 Å². The Labute approximate surface area is 162 Å². The average Bonchev–Trinajstić information content (AvgIpc) is 3.20. The van der Waals surface area contributed by atoms with E-state index in [0.717, 1.165) is 28.7 Å². The molecule has 5 heteroatoms. The smallest absolute Gasteiger partial charge is 0.298 e. The lowest BCUT2D eigenvalue weighted by Gasteiger charge is -2.12. The molecule has 0 atom stereocenters. The number of amides is 2. The third kappa shape index (κ3) is 3.22. The molecule has 1 saturated heterocycles. The van der Waals surface area contributed by atoms with Gasteiger partial charge in [-0.25, -0.2) is 4.90 Å². The van der Waals surface area contributed by atoms with Crippen molar-refractivity contribution in [1.82, 2.24) is 4.57 Å². The maximum atomic E-state index is 12.8. The maximum Gasteiger partial charge on any atom is 0.298 e. The molecule has 1 aliphatic heterocycles. The second kappa shape index (κ2) is 6.93. The van der Waals surface area contributed by atoms with Crippen molar-refractivity contribution >= 4 is 34.7 Å². The Morgan fingerprint density at radius 2 is 1.70 bits per heavy atom. The average molecular weight is 374 g/mol. The molecule has 27 heavy (non-hydrogen) atoms. The molecule has 1 aliphatic rings. The molecule has 1 fully saturated rings. The van der Waals surface area contributed by atoms with Gasteiger partial charge in [-0.3, -0.25) is 9.59 Å². The molecule has 2 aromatic carbocycles. The third-order valence-electron chi connectivity index (χ3n) is 4.48. The molecule has 0 bridgehead atoms. The Kier molecular flexibility index (Phi) is 4.46. The number of para-hydroxylation sites is 1. The maximum absolute atomic E-state index is 12.8. The van der Waals surface area contributed by atoms with Crippen molar-refractivity contribution in [2.45, 2.75) is 13.8 Å². The minimum Gasteiger partial charge on any atom is -0.317 e. The number of aryl methyl sites for hydroxylation is 2. The Balaban J connectivity index is 1.71. The molecule has 2 amide bonds. The molecule has 0 spiro atoms. The number of rotatable bonds is 3. The van der Waals surface area contributed by atoms with E-state index in [1.165, 1.54) is 10.5 Å². The number of anilines is 1. The molecule has 0 aliphatic carbocycles. The molecule has 0 unspecified atom stereocenters. The van der Waals surface area contributed by atoms with Gasteiger partial charge in [-0.2, -0.15) is 0 Å². The summed E-state index contributed by atoms with van der Waals surface area (Å²) in [7, 11) is 0. The number of hydrogen-bond acceptors (Lipinski definition) is 3. The van der Waals surface area contributed by atoms with Gasteiger partial charge in [0.15, 0.2) is 0 Å². The third-order valence-corrected chi connectivity index (χ3v) is 5.35. The summed E-state index contributed by atoms with van der Waals surface area (Å²) < 4.78 is 2.03. The van der Waals surface area contributed by atoms with Crippen molar-refractivity contribution in [1.29, 1.82) is 0 Å². The van der Waals surface area contributed by atoms with Crippen molar-refractivity contribution in [3.8, 4) is 5.69 Å². The van der Waals surface area contributed by atoms with Gasteiger partial charge >= 0.3 is 0 Å². The van der Waals surface area contributed by atoms with Crippen LogP contribution >= 0.6 is 11.8 Å². The van der Waals surface area contributed by atoms with Gasteiger partial charge in [0.25, 0.3) is 11.1 Å². The number of aromatic nitrogens is 1. The fourth-order valence-electron chi connectivity index (χ4n) is 3.21. The van der Waals surface area contributed by atoms with E-state index in [2.05, 4.69) is 32.0 Å². The Morgan fingerprint density at radius 1 is 0.926 bits per heavy atom. The SMILES string of the molecule is Cc1ccc(-n2cccc2/C=C2/SC(=O)N(c3ccccc3)C2=O)c(C)c1. The van der Waals surface area contributed by atoms with Crippen molar-refractivity contribution in [3.05, 3.63) is 88.6 Å². The highest BCUT2D eigenvalue weighted by atomic mass is 32.2. The highest BCUT2D eigenvalue weighted by molar-refractivity contribution is 8.19. The predicted molar refractivity (Wildman–Crippen MR) is 110 cm³/mol. The summed E-state index contributed by atoms with van der Waals surface area (Å²) in [4.78, 5) is 26.8. The molecular weight excluding hydrogens is 356 g/mol. The summed E-state index contributed by atoms with van der Waals surface area (Å²) in [5.74, 6) is -0.287. The molecule has 4 nitrogen and oxygen atoms in total. The van der Waals surface area contributed by atoms with Crippen LogP contribution in [0.4, 0.5) is 10.5 Å². The van der Waals surface area contributed by atoms with Crippen molar-refractivity contribution in [2.24, 2.45) is 0 Å². The molecule has 0 radical (unpaired) electrons. The van der Waals surface area contributed by atoms with Gasteiger partial charge in [0, 0.05) is 17.6 Å². The zero-order valence-corrected chi connectivity index (χ0v) is 15.9. The predicted octanol–water partition coefficient (Wildman–Crippen LogP) is 5.34.